The highest BCUT2D eigenvalue weighted by atomic mass is 19.4. The lowest BCUT2D eigenvalue weighted by atomic mass is 10.1. The Morgan fingerprint density at radius 1 is 0.905 bits per heavy atom. The molecule has 0 aromatic heterocycles. The molecule has 0 atom stereocenters. The van der Waals surface area contributed by atoms with Crippen LogP contribution >= 0.6 is 0 Å². The van der Waals surface area contributed by atoms with Crippen molar-refractivity contribution in [2.75, 3.05) is 0 Å². The predicted molar refractivity (Wildman–Crippen MR) is 63.8 cm³/mol. The minimum atomic E-state index is -4.68. The van der Waals surface area contributed by atoms with Gasteiger partial charge in [0.2, 0.25) is 0 Å². The number of alkyl halides is 3. The van der Waals surface area contributed by atoms with Gasteiger partial charge in [-0.3, -0.25) is 0 Å². The van der Waals surface area contributed by atoms with Crippen LogP contribution in [0, 0.1) is 11.6 Å². The minimum Gasteiger partial charge on any atom is -0.457 e. The Bertz CT molecular complexity index is 632. The third-order valence-corrected chi connectivity index (χ3v) is 2.63. The van der Waals surface area contributed by atoms with Gasteiger partial charge in [-0.25, -0.2) is 8.78 Å². The van der Waals surface area contributed by atoms with E-state index in [1.165, 1.54) is 6.07 Å². The molecule has 0 aliphatic rings. The topological polar surface area (TPSA) is 29.5 Å². The monoisotopic (exact) mass is 304 g/mol. The van der Waals surface area contributed by atoms with E-state index in [1.807, 2.05) is 0 Å². The maximum Gasteiger partial charge on any atom is 0.416 e. The molecule has 0 unspecified atom stereocenters. The molecule has 0 spiro atoms. The lowest BCUT2D eigenvalue weighted by Crippen LogP contribution is -2.09. The van der Waals surface area contributed by atoms with Crippen LogP contribution in [0.3, 0.4) is 0 Å². The van der Waals surface area contributed by atoms with Crippen LogP contribution in [0.2, 0.25) is 0 Å². The first-order valence-electron chi connectivity index (χ1n) is 5.74. The molecule has 0 radical (unpaired) electrons. The Morgan fingerprint density at radius 3 is 2.05 bits per heavy atom. The van der Waals surface area contributed by atoms with E-state index in [0.717, 1.165) is 18.2 Å². The Balaban J connectivity index is 2.37. The highest BCUT2D eigenvalue weighted by molar-refractivity contribution is 5.40. The maximum absolute atomic E-state index is 13.0. The summed E-state index contributed by atoms with van der Waals surface area (Å²) in [6, 6.07) is 5.17. The smallest absolute Gasteiger partial charge is 0.416 e. The third kappa shape index (κ3) is 3.69. The summed E-state index contributed by atoms with van der Waals surface area (Å²) in [7, 11) is 0. The van der Waals surface area contributed by atoms with E-state index in [4.69, 9.17) is 9.84 Å². The van der Waals surface area contributed by atoms with Crippen LogP contribution in [-0.2, 0) is 12.8 Å². The Morgan fingerprint density at radius 2 is 1.52 bits per heavy atom. The quantitative estimate of drug-likeness (QED) is 0.858. The van der Waals surface area contributed by atoms with E-state index in [2.05, 4.69) is 0 Å². The summed E-state index contributed by atoms with van der Waals surface area (Å²) in [5, 5.41) is 8.90. The van der Waals surface area contributed by atoms with E-state index in [9.17, 15) is 22.0 Å². The molecular weight excluding hydrogens is 295 g/mol. The van der Waals surface area contributed by atoms with Crippen molar-refractivity contribution < 1.29 is 31.8 Å². The van der Waals surface area contributed by atoms with Crippen LogP contribution in [0.1, 0.15) is 11.1 Å². The first-order chi connectivity index (χ1) is 9.79. The molecule has 7 heteroatoms. The Kier molecular flexibility index (Phi) is 4.13. The van der Waals surface area contributed by atoms with Crippen LogP contribution in [0.4, 0.5) is 22.0 Å². The van der Waals surface area contributed by atoms with Crippen molar-refractivity contribution in [2.24, 2.45) is 0 Å². The van der Waals surface area contributed by atoms with E-state index >= 15 is 0 Å². The number of hydrogen-bond donors (Lipinski definition) is 1. The van der Waals surface area contributed by atoms with Gasteiger partial charge in [0, 0.05) is 18.2 Å². The standard InChI is InChI=1S/C14H9F5O2/c15-9-3-10(16)5-12(4-9)21-11-2-1-8(7-20)13(6-11)14(17,18)19/h1-6,20H,7H2. The molecule has 2 aromatic rings. The SMILES string of the molecule is OCc1ccc(Oc2cc(F)cc(F)c2)cc1C(F)(F)F. The number of aliphatic hydroxyl groups excluding tert-OH is 1. The summed E-state index contributed by atoms with van der Waals surface area (Å²) in [5.41, 5.74) is -1.39. The maximum atomic E-state index is 13.0. The van der Waals surface area contributed by atoms with Crippen molar-refractivity contribution in [1.82, 2.24) is 0 Å². The van der Waals surface area contributed by atoms with Gasteiger partial charge in [-0.2, -0.15) is 13.2 Å². The van der Waals surface area contributed by atoms with Crippen molar-refractivity contribution in [3.05, 3.63) is 59.2 Å². The third-order valence-electron chi connectivity index (χ3n) is 2.63. The van der Waals surface area contributed by atoms with Crippen LogP contribution in [-0.4, -0.2) is 5.11 Å². The van der Waals surface area contributed by atoms with E-state index < -0.39 is 30.0 Å². The second-order valence-electron chi connectivity index (χ2n) is 4.18. The van der Waals surface area contributed by atoms with Crippen LogP contribution in [0.15, 0.2) is 36.4 Å². The number of ether oxygens (including phenoxy) is 1. The van der Waals surface area contributed by atoms with Gasteiger partial charge in [-0.1, -0.05) is 6.07 Å². The molecule has 0 aliphatic heterocycles. The fourth-order valence-electron chi connectivity index (χ4n) is 1.74. The normalized spacial score (nSPS) is 11.5. The number of halogens is 5. The second kappa shape index (κ2) is 5.69. The number of hydrogen-bond acceptors (Lipinski definition) is 2. The summed E-state index contributed by atoms with van der Waals surface area (Å²) in [6.07, 6.45) is -4.68. The van der Waals surface area contributed by atoms with E-state index in [1.54, 1.807) is 0 Å². The fourth-order valence-corrected chi connectivity index (χ4v) is 1.74. The zero-order valence-electron chi connectivity index (χ0n) is 10.4. The number of rotatable bonds is 3. The molecule has 0 amide bonds. The molecule has 112 valence electrons. The van der Waals surface area contributed by atoms with Gasteiger partial charge in [0.25, 0.3) is 0 Å². The highest BCUT2D eigenvalue weighted by Gasteiger charge is 2.33. The van der Waals surface area contributed by atoms with Crippen molar-refractivity contribution in [3.8, 4) is 11.5 Å². The van der Waals surface area contributed by atoms with Gasteiger partial charge in [0.05, 0.1) is 12.2 Å². The molecule has 21 heavy (non-hydrogen) atoms. The summed E-state index contributed by atoms with van der Waals surface area (Å²) in [4.78, 5) is 0. The fraction of sp³-hybridized carbons (Fsp3) is 0.143. The van der Waals surface area contributed by atoms with Gasteiger partial charge in [-0.15, -0.1) is 0 Å². The van der Waals surface area contributed by atoms with Crippen molar-refractivity contribution >= 4 is 0 Å². The van der Waals surface area contributed by atoms with Gasteiger partial charge >= 0.3 is 6.18 Å². The molecule has 0 heterocycles. The Labute approximate surface area is 116 Å². The van der Waals surface area contributed by atoms with Gasteiger partial charge in [0.1, 0.15) is 23.1 Å². The van der Waals surface area contributed by atoms with Crippen LogP contribution in [0.5, 0.6) is 11.5 Å². The lowest BCUT2D eigenvalue weighted by molar-refractivity contribution is -0.138. The molecule has 1 N–H and O–H groups in total. The largest absolute Gasteiger partial charge is 0.457 e. The number of aliphatic hydroxyl groups is 1. The van der Waals surface area contributed by atoms with Crippen LogP contribution < -0.4 is 4.74 Å². The van der Waals surface area contributed by atoms with Crippen molar-refractivity contribution in [3.63, 3.8) is 0 Å². The lowest BCUT2D eigenvalue weighted by Gasteiger charge is -2.13. The molecular formula is C14H9F5O2. The molecule has 2 nitrogen and oxygen atoms in total. The minimum absolute atomic E-state index is 0.246. The Hall–Kier alpha value is -2.15. The van der Waals surface area contributed by atoms with Crippen molar-refractivity contribution in [1.29, 1.82) is 0 Å². The molecule has 0 aliphatic carbocycles. The van der Waals surface area contributed by atoms with Gasteiger partial charge in [0.15, 0.2) is 0 Å². The molecule has 0 fully saturated rings. The molecule has 0 saturated heterocycles. The molecule has 2 rings (SSSR count). The molecule has 0 bridgehead atoms. The van der Waals surface area contributed by atoms with Gasteiger partial charge in [-0.05, 0) is 17.7 Å². The summed E-state index contributed by atoms with van der Waals surface area (Å²) >= 11 is 0. The summed E-state index contributed by atoms with van der Waals surface area (Å²) in [5.74, 6) is -2.33. The first-order valence-corrected chi connectivity index (χ1v) is 5.74. The number of benzene rings is 2. The average molecular weight is 304 g/mol. The van der Waals surface area contributed by atoms with E-state index in [0.29, 0.717) is 12.1 Å². The zero-order valence-corrected chi connectivity index (χ0v) is 10.4. The van der Waals surface area contributed by atoms with Gasteiger partial charge < -0.3 is 9.84 Å². The summed E-state index contributed by atoms with van der Waals surface area (Å²) in [6.45, 7) is -0.788. The predicted octanol–water partition coefficient (Wildman–Crippen LogP) is 4.27. The summed E-state index contributed by atoms with van der Waals surface area (Å²) < 4.78 is 69.4. The average Bonchev–Trinajstić information content (AvgIpc) is 2.36. The molecule has 2 aromatic carbocycles. The molecule has 0 saturated carbocycles. The van der Waals surface area contributed by atoms with Crippen LogP contribution in [0.25, 0.3) is 0 Å². The second-order valence-corrected chi connectivity index (χ2v) is 4.18. The zero-order chi connectivity index (χ0) is 15.6. The highest BCUT2D eigenvalue weighted by Crippen LogP contribution is 2.35. The first kappa shape index (κ1) is 15.2. The van der Waals surface area contributed by atoms with Crippen molar-refractivity contribution in [2.45, 2.75) is 12.8 Å². The van der Waals surface area contributed by atoms with E-state index in [-0.39, 0.29) is 17.1 Å².